The summed E-state index contributed by atoms with van der Waals surface area (Å²) in [4.78, 5) is 24.2. The molecule has 140 valence electrons. The molecule has 0 unspecified atom stereocenters. The Kier molecular flexibility index (Phi) is 4.61. The van der Waals surface area contributed by atoms with Crippen molar-refractivity contribution in [1.29, 1.82) is 0 Å². The first kappa shape index (κ1) is 17.9. The molecule has 6 nitrogen and oxygen atoms in total. The van der Waals surface area contributed by atoms with Gasteiger partial charge in [0.05, 0.1) is 10.9 Å². The van der Waals surface area contributed by atoms with Crippen molar-refractivity contribution in [2.24, 2.45) is 0 Å². The Labute approximate surface area is 162 Å². The Hall–Kier alpha value is -2.44. The van der Waals surface area contributed by atoms with E-state index in [-0.39, 0.29) is 11.3 Å². The van der Waals surface area contributed by atoms with Crippen LogP contribution in [-0.2, 0) is 19.5 Å². The second kappa shape index (κ2) is 6.94. The molecule has 0 fully saturated rings. The zero-order valence-corrected chi connectivity index (χ0v) is 16.1. The number of benzene rings is 1. The van der Waals surface area contributed by atoms with E-state index in [1.807, 2.05) is 6.20 Å². The van der Waals surface area contributed by atoms with Gasteiger partial charge in [-0.05, 0) is 18.2 Å². The van der Waals surface area contributed by atoms with Gasteiger partial charge in [-0.25, -0.2) is 9.97 Å². The molecule has 4 rings (SSSR count). The third-order valence-corrected chi connectivity index (χ3v) is 5.14. The molecule has 0 bridgehead atoms. The molecule has 0 aliphatic carbocycles. The van der Waals surface area contributed by atoms with E-state index < -0.39 is 0 Å². The Morgan fingerprint density at radius 1 is 1.37 bits per heavy atom. The lowest BCUT2D eigenvalue weighted by molar-refractivity contribution is 0.241. The van der Waals surface area contributed by atoms with Crippen LogP contribution < -0.4 is 11.2 Å². The minimum Gasteiger partial charge on any atom is -0.440 e. The first-order chi connectivity index (χ1) is 12.9. The van der Waals surface area contributed by atoms with Crippen LogP contribution in [-0.4, -0.2) is 21.4 Å². The average molecular weight is 385 g/mol. The number of rotatable bonds is 3. The lowest BCUT2D eigenvalue weighted by atomic mass is 10.0. The molecule has 2 aromatic heterocycles. The summed E-state index contributed by atoms with van der Waals surface area (Å²) < 4.78 is 5.65. The van der Waals surface area contributed by atoms with Crippen LogP contribution in [0.4, 0.5) is 5.88 Å². The fourth-order valence-electron chi connectivity index (χ4n) is 3.40. The van der Waals surface area contributed by atoms with Gasteiger partial charge in [0, 0.05) is 54.4 Å². The number of hydrogen-bond donors (Lipinski definition) is 1. The highest BCUT2D eigenvalue weighted by Gasteiger charge is 2.22. The molecule has 1 aromatic carbocycles. The van der Waals surface area contributed by atoms with E-state index in [2.05, 4.69) is 28.7 Å². The summed E-state index contributed by atoms with van der Waals surface area (Å²) in [6, 6.07) is 4.97. The lowest BCUT2D eigenvalue weighted by Gasteiger charge is -2.28. The highest BCUT2D eigenvalue weighted by Crippen LogP contribution is 2.24. The Bertz CT molecular complexity index is 1080. The van der Waals surface area contributed by atoms with Crippen LogP contribution >= 0.6 is 11.6 Å². The summed E-state index contributed by atoms with van der Waals surface area (Å²) in [5.41, 5.74) is 9.01. The van der Waals surface area contributed by atoms with E-state index in [0.29, 0.717) is 40.6 Å². The Balaban J connectivity index is 1.63. The SMILES string of the molecule is CC(C)c1ncc2c(n1)CCN(Cc1c(N)oc3ccc(Cl)cc3c1=O)C2. The summed E-state index contributed by atoms with van der Waals surface area (Å²) in [5, 5.41) is 0.949. The Morgan fingerprint density at radius 3 is 2.96 bits per heavy atom. The second-order valence-electron chi connectivity index (χ2n) is 7.23. The summed E-state index contributed by atoms with van der Waals surface area (Å²) in [5.74, 6) is 1.34. The van der Waals surface area contributed by atoms with Gasteiger partial charge in [0.1, 0.15) is 11.4 Å². The highest BCUT2D eigenvalue weighted by atomic mass is 35.5. The lowest BCUT2D eigenvalue weighted by Crippen LogP contribution is -2.33. The number of aromatic nitrogens is 2. The summed E-state index contributed by atoms with van der Waals surface area (Å²) >= 11 is 6.03. The molecule has 0 atom stereocenters. The molecule has 1 aliphatic rings. The molecule has 0 spiro atoms. The number of fused-ring (bicyclic) bond motifs is 2. The molecule has 0 saturated carbocycles. The van der Waals surface area contributed by atoms with E-state index in [0.717, 1.165) is 30.0 Å². The van der Waals surface area contributed by atoms with E-state index in [1.54, 1.807) is 18.2 Å². The fraction of sp³-hybridized carbons (Fsp3) is 0.350. The topological polar surface area (TPSA) is 85.2 Å². The number of hydrogen-bond acceptors (Lipinski definition) is 6. The van der Waals surface area contributed by atoms with Gasteiger partial charge < -0.3 is 10.2 Å². The minimum atomic E-state index is -0.131. The van der Waals surface area contributed by atoms with E-state index >= 15 is 0 Å². The van der Waals surface area contributed by atoms with Crippen LogP contribution in [0.2, 0.25) is 5.02 Å². The predicted molar refractivity (Wildman–Crippen MR) is 106 cm³/mol. The molecular weight excluding hydrogens is 364 g/mol. The van der Waals surface area contributed by atoms with Crippen LogP contribution in [0.1, 0.15) is 42.4 Å². The van der Waals surface area contributed by atoms with Crippen molar-refractivity contribution in [3.63, 3.8) is 0 Å². The van der Waals surface area contributed by atoms with E-state index in [9.17, 15) is 4.79 Å². The minimum absolute atomic E-state index is 0.131. The molecule has 1 aliphatic heterocycles. The molecule has 7 heteroatoms. The third kappa shape index (κ3) is 3.42. The van der Waals surface area contributed by atoms with Crippen LogP contribution in [0, 0.1) is 0 Å². The third-order valence-electron chi connectivity index (χ3n) is 4.91. The second-order valence-corrected chi connectivity index (χ2v) is 7.67. The number of anilines is 1. The molecule has 3 aromatic rings. The van der Waals surface area contributed by atoms with Crippen molar-refractivity contribution in [3.8, 4) is 0 Å². The maximum atomic E-state index is 12.9. The quantitative estimate of drug-likeness (QED) is 0.743. The van der Waals surface area contributed by atoms with E-state index in [1.165, 1.54) is 0 Å². The fourth-order valence-corrected chi connectivity index (χ4v) is 3.57. The zero-order valence-electron chi connectivity index (χ0n) is 15.3. The number of halogens is 1. The normalized spacial score (nSPS) is 14.7. The first-order valence-corrected chi connectivity index (χ1v) is 9.38. The van der Waals surface area contributed by atoms with Crippen LogP contribution in [0.5, 0.6) is 0 Å². The highest BCUT2D eigenvalue weighted by molar-refractivity contribution is 6.31. The standard InChI is InChI=1S/C20H21ClN4O2/c1-11(2)20-23-8-12-9-25(6-5-16(12)24-20)10-15-18(26)14-7-13(21)3-4-17(14)27-19(15)22/h3-4,7-8,11H,5-6,9-10,22H2,1-2H3. The summed E-state index contributed by atoms with van der Waals surface area (Å²) in [6.45, 7) is 6.08. The van der Waals surface area contributed by atoms with Crippen molar-refractivity contribution in [1.82, 2.24) is 14.9 Å². The predicted octanol–water partition coefficient (Wildman–Crippen LogP) is 3.50. The van der Waals surface area contributed by atoms with Crippen molar-refractivity contribution >= 4 is 28.5 Å². The van der Waals surface area contributed by atoms with E-state index in [4.69, 9.17) is 21.8 Å². The van der Waals surface area contributed by atoms with Gasteiger partial charge in [0.25, 0.3) is 0 Å². The van der Waals surface area contributed by atoms with Gasteiger partial charge in [0.15, 0.2) is 11.3 Å². The first-order valence-electron chi connectivity index (χ1n) is 9.00. The molecule has 2 N–H and O–H groups in total. The summed E-state index contributed by atoms with van der Waals surface area (Å²) in [7, 11) is 0. The van der Waals surface area contributed by atoms with Gasteiger partial charge in [-0.1, -0.05) is 25.4 Å². The number of nitrogens with two attached hydrogens (primary N) is 1. The van der Waals surface area contributed by atoms with Gasteiger partial charge in [0.2, 0.25) is 0 Å². The van der Waals surface area contributed by atoms with Crippen molar-refractivity contribution in [3.05, 3.63) is 62.3 Å². The van der Waals surface area contributed by atoms with Crippen LogP contribution in [0.3, 0.4) is 0 Å². The monoisotopic (exact) mass is 384 g/mol. The van der Waals surface area contributed by atoms with Gasteiger partial charge >= 0.3 is 0 Å². The Morgan fingerprint density at radius 2 is 2.19 bits per heavy atom. The van der Waals surface area contributed by atoms with Crippen molar-refractivity contribution in [2.45, 2.75) is 39.3 Å². The maximum Gasteiger partial charge on any atom is 0.199 e. The smallest absolute Gasteiger partial charge is 0.199 e. The van der Waals surface area contributed by atoms with Crippen molar-refractivity contribution < 1.29 is 4.42 Å². The molecular formula is C20H21ClN4O2. The van der Waals surface area contributed by atoms with Crippen LogP contribution in [0.15, 0.2) is 33.6 Å². The largest absolute Gasteiger partial charge is 0.440 e. The number of nitrogens with zero attached hydrogens (tertiary/aromatic N) is 3. The maximum absolute atomic E-state index is 12.9. The van der Waals surface area contributed by atoms with Gasteiger partial charge in [-0.3, -0.25) is 9.69 Å². The zero-order chi connectivity index (χ0) is 19.1. The average Bonchev–Trinajstić information content (AvgIpc) is 2.65. The van der Waals surface area contributed by atoms with Crippen LogP contribution in [0.25, 0.3) is 11.0 Å². The molecule has 0 radical (unpaired) electrons. The van der Waals surface area contributed by atoms with Gasteiger partial charge in [-0.2, -0.15) is 0 Å². The molecule has 0 amide bonds. The number of nitrogen functional groups attached to an aromatic ring is 1. The molecule has 3 heterocycles. The van der Waals surface area contributed by atoms with Gasteiger partial charge in [-0.15, -0.1) is 0 Å². The van der Waals surface area contributed by atoms with Crippen molar-refractivity contribution in [2.75, 3.05) is 12.3 Å². The molecule has 27 heavy (non-hydrogen) atoms. The molecule has 0 saturated heterocycles. The summed E-state index contributed by atoms with van der Waals surface area (Å²) in [6.07, 6.45) is 2.72.